The molecule has 0 radical (unpaired) electrons. The van der Waals surface area contributed by atoms with Crippen LogP contribution < -0.4 is 4.72 Å². The number of hydrogen-bond donors (Lipinski definition) is 1. The second-order valence-corrected chi connectivity index (χ2v) is 8.95. The molecule has 1 aliphatic heterocycles. The number of nitrogens with one attached hydrogen (secondary N) is 1. The van der Waals surface area contributed by atoms with Crippen LogP contribution in [0.5, 0.6) is 0 Å². The molecule has 9 heteroatoms. The first-order valence-electron chi connectivity index (χ1n) is 9.21. The summed E-state index contributed by atoms with van der Waals surface area (Å²) in [4.78, 5) is 16.3. The van der Waals surface area contributed by atoms with Crippen molar-refractivity contribution in [2.75, 3.05) is 31.9 Å². The molecule has 3 rings (SSSR count). The van der Waals surface area contributed by atoms with Gasteiger partial charge in [-0.3, -0.25) is 9.52 Å². The van der Waals surface area contributed by atoms with Crippen LogP contribution in [0.1, 0.15) is 23.2 Å². The maximum atomic E-state index is 13.3. The molecular weight excluding hydrogens is 400 g/mol. The zero-order valence-electron chi connectivity index (χ0n) is 16.2. The summed E-state index contributed by atoms with van der Waals surface area (Å²) >= 11 is 0. The molecule has 1 fully saturated rings. The number of hydrogen-bond acceptors (Lipinski definition) is 4. The van der Waals surface area contributed by atoms with E-state index in [0.29, 0.717) is 30.8 Å². The van der Waals surface area contributed by atoms with E-state index in [1.807, 2.05) is 14.1 Å². The van der Waals surface area contributed by atoms with E-state index in [9.17, 15) is 22.0 Å². The van der Waals surface area contributed by atoms with Crippen molar-refractivity contribution in [1.82, 2.24) is 9.80 Å². The summed E-state index contributed by atoms with van der Waals surface area (Å²) in [6.07, 6.45) is 1.97. The van der Waals surface area contributed by atoms with Gasteiger partial charge in [-0.05, 0) is 69.4 Å². The second-order valence-electron chi connectivity index (χ2n) is 7.27. The van der Waals surface area contributed by atoms with Crippen molar-refractivity contribution >= 4 is 21.6 Å². The maximum Gasteiger partial charge on any atom is 0.261 e. The molecule has 0 aliphatic carbocycles. The minimum absolute atomic E-state index is 0.105. The largest absolute Gasteiger partial charge is 0.337 e. The lowest BCUT2D eigenvalue weighted by Crippen LogP contribution is -2.47. The van der Waals surface area contributed by atoms with Crippen LogP contribution in [0.25, 0.3) is 0 Å². The van der Waals surface area contributed by atoms with E-state index >= 15 is 0 Å². The molecule has 1 unspecified atom stereocenters. The topological polar surface area (TPSA) is 69.7 Å². The van der Waals surface area contributed by atoms with Crippen LogP contribution in [0, 0.1) is 11.6 Å². The summed E-state index contributed by atoms with van der Waals surface area (Å²) in [5, 5.41) is 0. The number of rotatable bonds is 5. The van der Waals surface area contributed by atoms with Gasteiger partial charge in [0.05, 0.1) is 4.90 Å². The average Bonchev–Trinajstić information content (AvgIpc) is 2.70. The van der Waals surface area contributed by atoms with Crippen molar-refractivity contribution < 1.29 is 22.0 Å². The Kier molecular flexibility index (Phi) is 6.18. The van der Waals surface area contributed by atoms with Crippen LogP contribution >= 0.6 is 0 Å². The van der Waals surface area contributed by atoms with E-state index < -0.39 is 21.7 Å². The number of sulfonamides is 1. The van der Waals surface area contributed by atoms with Gasteiger partial charge in [0.1, 0.15) is 0 Å². The molecule has 0 saturated carbocycles. The number of halogens is 2. The van der Waals surface area contributed by atoms with Crippen LogP contribution in [0.4, 0.5) is 14.5 Å². The van der Waals surface area contributed by atoms with E-state index in [1.165, 1.54) is 12.1 Å². The highest BCUT2D eigenvalue weighted by Crippen LogP contribution is 2.21. The zero-order chi connectivity index (χ0) is 21.2. The third-order valence-electron chi connectivity index (χ3n) is 5.00. The SMILES string of the molecule is CN(C)C1CCCN(C(=O)c2ccc(NS(=O)(=O)c3ccc(F)c(F)c3)cc2)C1. The lowest BCUT2D eigenvalue weighted by atomic mass is 10.0. The van der Waals surface area contributed by atoms with Crippen molar-refractivity contribution in [3.05, 3.63) is 59.7 Å². The van der Waals surface area contributed by atoms with Gasteiger partial charge < -0.3 is 9.80 Å². The Morgan fingerprint density at radius 1 is 1.10 bits per heavy atom. The van der Waals surface area contributed by atoms with Crippen LogP contribution in [-0.2, 0) is 10.0 Å². The average molecular weight is 423 g/mol. The molecule has 1 atom stereocenters. The highest BCUT2D eigenvalue weighted by atomic mass is 32.2. The van der Waals surface area contributed by atoms with E-state index in [4.69, 9.17) is 0 Å². The van der Waals surface area contributed by atoms with Crippen molar-refractivity contribution in [2.45, 2.75) is 23.8 Å². The summed E-state index contributed by atoms with van der Waals surface area (Å²) in [5.74, 6) is -2.47. The lowest BCUT2D eigenvalue weighted by Gasteiger charge is -2.36. The number of carbonyl (C=O) groups is 1. The van der Waals surface area contributed by atoms with Crippen LogP contribution in [-0.4, -0.2) is 57.4 Å². The fraction of sp³-hybridized carbons (Fsp3) is 0.350. The molecule has 2 aromatic rings. The fourth-order valence-corrected chi connectivity index (χ4v) is 4.35. The molecule has 0 spiro atoms. The third-order valence-corrected chi connectivity index (χ3v) is 6.38. The van der Waals surface area contributed by atoms with Crippen molar-refractivity contribution in [3.63, 3.8) is 0 Å². The van der Waals surface area contributed by atoms with Crippen LogP contribution in [0.2, 0.25) is 0 Å². The molecule has 1 N–H and O–H groups in total. The molecule has 0 aromatic heterocycles. The molecule has 156 valence electrons. The summed E-state index contributed by atoms with van der Waals surface area (Å²) < 4.78 is 53.4. The summed E-state index contributed by atoms with van der Waals surface area (Å²) in [6, 6.07) is 8.70. The Hall–Kier alpha value is -2.52. The number of amides is 1. The predicted octanol–water partition coefficient (Wildman–Crippen LogP) is 2.93. The van der Waals surface area contributed by atoms with E-state index in [2.05, 4.69) is 9.62 Å². The number of anilines is 1. The maximum absolute atomic E-state index is 13.3. The first-order valence-corrected chi connectivity index (χ1v) is 10.7. The van der Waals surface area contributed by atoms with Crippen molar-refractivity contribution in [3.8, 4) is 0 Å². The predicted molar refractivity (Wildman–Crippen MR) is 106 cm³/mol. The fourth-order valence-electron chi connectivity index (χ4n) is 3.28. The van der Waals surface area contributed by atoms with Gasteiger partial charge in [0.25, 0.3) is 15.9 Å². The Labute approximate surface area is 169 Å². The van der Waals surface area contributed by atoms with Gasteiger partial charge in [0.15, 0.2) is 11.6 Å². The lowest BCUT2D eigenvalue weighted by molar-refractivity contribution is 0.0635. The summed E-state index contributed by atoms with van der Waals surface area (Å²) in [5.41, 5.74) is 0.677. The van der Waals surface area contributed by atoms with Gasteiger partial charge in [-0.2, -0.15) is 0 Å². The quantitative estimate of drug-likeness (QED) is 0.803. The highest BCUT2D eigenvalue weighted by molar-refractivity contribution is 7.92. The molecule has 1 saturated heterocycles. The smallest absolute Gasteiger partial charge is 0.261 e. The Morgan fingerprint density at radius 3 is 2.41 bits per heavy atom. The third kappa shape index (κ3) is 4.91. The number of benzene rings is 2. The Balaban J connectivity index is 1.71. The van der Waals surface area contributed by atoms with E-state index in [0.717, 1.165) is 25.0 Å². The monoisotopic (exact) mass is 423 g/mol. The van der Waals surface area contributed by atoms with Gasteiger partial charge in [0.2, 0.25) is 0 Å². The highest BCUT2D eigenvalue weighted by Gasteiger charge is 2.25. The zero-order valence-corrected chi connectivity index (χ0v) is 17.0. The summed E-state index contributed by atoms with van der Waals surface area (Å²) in [6.45, 7) is 1.34. The molecule has 1 aliphatic rings. The minimum Gasteiger partial charge on any atom is -0.337 e. The minimum atomic E-state index is -4.08. The second kappa shape index (κ2) is 8.46. The van der Waals surface area contributed by atoms with Gasteiger partial charge in [0, 0.05) is 30.4 Å². The molecule has 1 amide bonds. The number of carbonyl (C=O) groups excluding carboxylic acids is 1. The van der Waals surface area contributed by atoms with E-state index in [1.54, 1.807) is 17.0 Å². The Bertz CT molecular complexity index is 995. The van der Waals surface area contributed by atoms with E-state index in [-0.39, 0.29) is 16.5 Å². The molecular formula is C20H23F2N3O3S. The van der Waals surface area contributed by atoms with Gasteiger partial charge >= 0.3 is 0 Å². The molecule has 0 bridgehead atoms. The standard InChI is InChI=1S/C20H23F2N3O3S/c1-24(2)16-4-3-11-25(13-16)20(26)14-5-7-15(8-6-14)23-29(27,28)17-9-10-18(21)19(22)12-17/h5-10,12,16,23H,3-4,11,13H2,1-2H3. The number of piperidine rings is 1. The molecule has 2 aromatic carbocycles. The molecule has 6 nitrogen and oxygen atoms in total. The van der Waals surface area contributed by atoms with Gasteiger partial charge in [-0.1, -0.05) is 0 Å². The van der Waals surface area contributed by atoms with Crippen LogP contribution in [0.15, 0.2) is 47.4 Å². The number of nitrogens with zero attached hydrogens (tertiary/aromatic N) is 2. The first kappa shape index (κ1) is 21.2. The molecule has 29 heavy (non-hydrogen) atoms. The number of likely N-dealkylation sites (tertiary alicyclic amines) is 1. The van der Waals surface area contributed by atoms with Crippen molar-refractivity contribution in [1.29, 1.82) is 0 Å². The van der Waals surface area contributed by atoms with Crippen molar-refractivity contribution in [2.24, 2.45) is 0 Å². The van der Waals surface area contributed by atoms with Crippen LogP contribution in [0.3, 0.4) is 0 Å². The van der Waals surface area contributed by atoms with Gasteiger partial charge in [-0.25, -0.2) is 17.2 Å². The Morgan fingerprint density at radius 2 is 1.79 bits per heavy atom. The summed E-state index contributed by atoms with van der Waals surface area (Å²) in [7, 11) is -0.0953. The normalized spacial score (nSPS) is 17.4. The number of likely N-dealkylation sites (N-methyl/N-ethyl adjacent to an activating group) is 1. The molecule has 1 heterocycles. The van der Waals surface area contributed by atoms with Gasteiger partial charge in [-0.15, -0.1) is 0 Å². The first-order chi connectivity index (χ1) is 13.7.